The van der Waals surface area contributed by atoms with Crippen LogP contribution in [0.4, 0.5) is 0 Å². The molecule has 5 nitrogen and oxygen atoms in total. The Kier molecular flexibility index (Phi) is 2.68. The minimum Gasteiger partial charge on any atom is -0.459 e. The number of carbonyl (C=O) groups is 1. The van der Waals surface area contributed by atoms with Gasteiger partial charge in [0.2, 0.25) is 5.56 Å². The highest BCUT2D eigenvalue weighted by Crippen LogP contribution is 2.13. The number of fused-ring (bicyclic) bond motifs is 1. The highest BCUT2D eigenvalue weighted by Gasteiger charge is 2.04. The van der Waals surface area contributed by atoms with Gasteiger partial charge in [0.15, 0.2) is 0 Å². The second-order valence-corrected chi connectivity index (χ2v) is 3.32. The van der Waals surface area contributed by atoms with Crippen LogP contribution in [-0.2, 0) is 16.1 Å². The molecule has 0 aliphatic rings. The SMILES string of the molecule is CC(=O)OCc1nccc2[nH]c(=O)ccc12. The van der Waals surface area contributed by atoms with Crippen LogP contribution < -0.4 is 5.56 Å². The number of pyridine rings is 2. The molecule has 0 radical (unpaired) electrons. The molecule has 2 aromatic heterocycles. The number of esters is 1. The van der Waals surface area contributed by atoms with E-state index in [-0.39, 0.29) is 18.1 Å². The second-order valence-electron chi connectivity index (χ2n) is 3.32. The van der Waals surface area contributed by atoms with Crippen molar-refractivity contribution in [1.82, 2.24) is 9.97 Å². The first kappa shape index (κ1) is 10.4. The summed E-state index contributed by atoms with van der Waals surface area (Å²) in [5.41, 5.74) is 1.14. The molecule has 0 aliphatic carbocycles. The standard InChI is InChI=1S/C11H10N2O3/c1-7(14)16-6-10-8-2-3-11(15)13-9(8)4-5-12-10/h2-5H,6H2,1H3,(H,13,15). The third kappa shape index (κ3) is 2.08. The van der Waals surface area contributed by atoms with Gasteiger partial charge in [-0.05, 0) is 12.1 Å². The van der Waals surface area contributed by atoms with Crippen molar-refractivity contribution >= 4 is 16.9 Å². The highest BCUT2D eigenvalue weighted by atomic mass is 16.5. The van der Waals surface area contributed by atoms with Crippen LogP contribution >= 0.6 is 0 Å². The van der Waals surface area contributed by atoms with Gasteiger partial charge in [-0.15, -0.1) is 0 Å². The molecule has 0 amide bonds. The molecule has 2 rings (SSSR count). The summed E-state index contributed by atoms with van der Waals surface area (Å²) in [5.74, 6) is -0.358. The van der Waals surface area contributed by atoms with E-state index >= 15 is 0 Å². The number of hydrogen-bond acceptors (Lipinski definition) is 4. The van der Waals surface area contributed by atoms with Crippen LogP contribution in [0.5, 0.6) is 0 Å². The van der Waals surface area contributed by atoms with Gasteiger partial charge in [-0.2, -0.15) is 0 Å². The number of carbonyl (C=O) groups excluding carboxylic acids is 1. The van der Waals surface area contributed by atoms with Crippen LogP contribution in [0.2, 0.25) is 0 Å². The Balaban J connectivity index is 2.45. The summed E-state index contributed by atoms with van der Waals surface area (Å²) in [5, 5.41) is 0.781. The topological polar surface area (TPSA) is 72.0 Å². The van der Waals surface area contributed by atoms with Gasteiger partial charge in [-0.25, -0.2) is 0 Å². The number of nitrogens with zero attached hydrogens (tertiary/aromatic N) is 1. The van der Waals surface area contributed by atoms with E-state index in [0.29, 0.717) is 11.2 Å². The summed E-state index contributed by atoms with van der Waals surface area (Å²) in [6.45, 7) is 1.45. The molecular weight excluding hydrogens is 208 g/mol. The van der Waals surface area contributed by atoms with Gasteiger partial charge < -0.3 is 9.72 Å². The maximum Gasteiger partial charge on any atom is 0.303 e. The van der Waals surface area contributed by atoms with E-state index < -0.39 is 0 Å². The molecule has 16 heavy (non-hydrogen) atoms. The molecule has 0 fully saturated rings. The third-order valence-electron chi connectivity index (χ3n) is 2.14. The molecule has 0 aliphatic heterocycles. The van der Waals surface area contributed by atoms with E-state index in [0.717, 1.165) is 5.39 Å². The van der Waals surface area contributed by atoms with Crippen LogP contribution in [0.15, 0.2) is 29.2 Å². The molecule has 0 atom stereocenters. The normalized spacial score (nSPS) is 10.3. The van der Waals surface area contributed by atoms with Crippen molar-refractivity contribution in [1.29, 1.82) is 0 Å². The van der Waals surface area contributed by atoms with Gasteiger partial charge in [-0.3, -0.25) is 14.6 Å². The molecule has 0 unspecified atom stereocenters. The number of ether oxygens (including phenoxy) is 1. The molecule has 82 valence electrons. The van der Waals surface area contributed by atoms with Crippen LogP contribution in [0.1, 0.15) is 12.6 Å². The Morgan fingerprint density at radius 3 is 3.00 bits per heavy atom. The van der Waals surface area contributed by atoms with Gasteiger partial charge in [0, 0.05) is 24.6 Å². The second kappa shape index (κ2) is 4.14. The zero-order valence-corrected chi connectivity index (χ0v) is 8.69. The van der Waals surface area contributed by atoms with Crippen molar-refractivity contribution in [3.8, 4) is 0 Å². The summed E-state index contributed by atoms with van der Waals surface area (Å²) < 4.78 is 4.87. The summed E-state index contributed by atoms with van der Waals surface area (Å²) >= 11 is 0. The molecule has 0 saturated heterocycles. The van der Waals surface area contributed by atoms with E-state index in [1.54, 1.807) is 18.3 Å². The number of aromatic nitrogens is 2. The Morgan fingerprint density at radius 1 is 1.44 bits per heavy atom. The van der Waals surface area contributed by atoms with Crippen molar-refractivity contribution < 1.29 is 9.53 Å². The zero-order chi connectivity index (χ0) is 11.5. The minimum atomic E-state index is -0.358. The van der Waals surface area contributed by atoms with Crippen LogP contribution in [-0.4, -0.2) is 15.9 Å². The molecule has 0 aromatic carbocycles. The first-order valence-electron chi connectivity index (χ1n) is 4.77. The van der Waals surface area contributed by atoms with Crippen LogP contribution in [0.25, 0.3) is 10.9 Å². The van der Waals surface area contributed by atoms with Crippen LogP contribution in [0, 0.1) is 0 Å². The lowest BCUT2D eigenvalue weighted by molar-refractivity contribution is -0.142. The largest absolute Gasteiger partial charge is 0.459 e. The van der Waals surface area contributed by atoms with E-state index in [9.17, 15) is 9.59 Å². The molecule has 2 heterocycles. The van der Waals surface area contributed by atoms with Gasteiger partial charge in [0.1, 0.15) is 6.61 Å². The molecule has 0 bridgehead atoms. The zero-order valence-electron chi connectivity index (χ0n) is 8.69. The van der Waals surface area contributed by atoms with Gasteiger partial charge in [-0.1, -0.05) is 0 Å². The molecule has 5 heteroatoms. The van der Waals surface area contributed by atoms with E-state index in [1.807, 2.05) is 0 Å². The molecule has 0 spiro atoms. The van der Waals surface area contributed by atoms with Crippen molar-refractivity contribution in [3.05, 3.63) is 40.4 Å². The lowest BCUT2D eigenvalue weighted by Gasteiger charge is -2.04. The molecule has 2 aromatic rings. The van der Waals surface area contributed by atoms with E-state index in [4.69, 9.17) is 4.74 Å². The Hall–Kier alpha value is -2.17. The Morgan fingerprint density at radius 2 is 2.25 bits per heavy atom. The maximum absolute atomic E-state index is 11.1. The summed E-state index contributed by atoms with van der Waals surface area (Å²) in [6.07, 6.45) is 1.57. The van der Waals surface area contributed by atoms with E-state index in [1.165, 1.54) is 13.0 Å². The quantitative estimate of drug-likeness (QED) is 0.763. The predicted octanol–water partition coefficient (Wildman–Crippen LogP) is 0.986. The van der Waals surface area contributed by atoms with E-state index in [2.05, 4.69) is 9.97 Å². The van der Waals surface area contributed by atoms with Crippen LogP contribution in [0.3, 0.4) is 0 Å². The monoisotopic (exact) mass is 218 g/mol. The van der Waals surface area contributed by atoms with Crippen molar-refractivity contribution in [2.45, 2.75) is 13.5 Å². The lowest BCUT2D eigenvalue weighted by atomic mass is 10.2. The summed E-state index contributed by atoms with van der Waals surface area (Å²) in [6, 6.07) is 4.79. The fourth-order valence-electron chi connectivity index (χ4n) is 1.43. The van der Waals surface area contributed by atoms with Gasteiger partial charge in [0.05, 0.1) is 11.2 Å². The van der Waals surface area contributed by atoms with Gasteiger partial charge in [0.25, 0.3) is 0 Å². The maximum atomic E-state index is 11.1. The third-order valence-corrected chi connectivity index (χ3v) is 2.14. The smallest absolute Gasteiger partial charge is 0.303 e. The van der Waals surface area contributed by atoms with Crippen molar-refractivity contribution in [2.75, 3.05) is 0 Å². The number of H-pyrrole nitrogens is 1. The number of aromatic amines is 1. The fourth-order valence-corrected chi connectivity index (χ4v) is 1.43. The first-order valence-corrected chi connectivity index (χ1v) is 4.77. The molecule has 1 N–H and O–H groups in total. The summed E-state index contributed by atoms with van der Waals surface area (Å²) in [7, 11) is 0. The van der Waals surface area contributed by atoms with Crippen molar-refractivity contribution in [2.24, 2.45) is 0 Å². The number of rotatable bonds is 2. The number of nitrogens with one attached hydrogen (secondary N) is 1. The number of hydrogen-bond donors (Lipinski definition) is 1. The van der Waals surface area contributed by atoms with Gasteiger partial charge >= 0.3 is 5.97 Å². The highest BCUT2D eigenvalue weighted by molar-refractivity contribution is 5.80. The Bertz CT molecular complexity index is 589. The minimum absolute atomic E-state index is 0.110. The molecular formula is C11H10N2O3. The average Bonchev–Trinajstić information content (AvgIpc) is 2.25. The Labute approximate surface area is 91.1 Å². The van der Waals surface area contributed by atoms with Crippen molar-refractivity contribution in [3.63, 3.8) is 0 Å². The lowest BCUT2D eigenvalue weighted by Crippen LogP contribution is -2.06. The fraction of sp³-hybridized carbons (Fsp3) is 0.182. The average molecular weight is 218 g/mol. The molecule has 0 saturated carbocycles. The summed E-state index contributed by atoms with van der Waals surface area (Å²) in [4.78, 5) is 28.6. The first-order chi connectivity index (χ1) is 7.66. The predicted molar refractivity (Wildman–Crippen MR) is 57.8 cm³/mol.